The van der Waals surface area contributed by atoms with Crippen LogP contribution in [0.25, 0.3) is 0 Å². The minimum Gasteiger partial charge on any atom is -0.481 e. The minimum absolute atomic E-state index is 0.0976. The van der Waals surface area contributed by atoms with Gasteiger partial charge in [-0.3, -0.25) is 38.4 Å². The monoisotopic (exact) mass is 676 g/mol. The molecule has 1 heterocycles. The number of aliphatic hydroxyl groups excluding tert-OH is 1. The molecule has 48 heavy (non-hydrogen) atoms. The van der Waals surface area contributed by atoms with Crippen molar-refractivity contribution < 1.29 is 48.6 Å². The third-order valence-corrected chi connectivity index (χ3v) is 7.47. The van der Waals surface area contributed by atoms with E-state index >= 15 is 0 Å². The molecular formula is C30H44N8O10. The van der Waals surface area contributed by atoms with E-state index in [1.807, 2.05) is 0 Å². The molecule has 0 spiro atoms. The lowest BCUT2D eigenvalue weighted by Crippen LogP contribution is -2.58. The normalized spacial score (nSPS) is 16.5. The number of nitrogens with one attached hydrogen (secondary N) is 5. The third-order valence-electron chi connectivity index (χ3n) is 7.47. The van der Waals surface area contributed by atoms with Crippen molar-refractivity contribution in [3.05, 3.63) is 35.9 Å². The lowest BCUT2D eigenvalue weighted by atomic mass is 10.0. The number of aliphatic hydroxyl groups is 1. The van der Waals surface area contributed by atoms with Gasteiger partial charge in [-0.05, 0) is 24.3 Å². The molecule has 0 bridgehead atoms. The van der Waals surface area contributed by atoms with Crippen LogP contribution in [-0.4, -0.2) is 119 Å². The first-order chi connectivity index (χ1) is 22.6. The van der Waals surface area contributed by atoms with Gasteiger partial charge in [-0.15, -0.1) is 0 Å². The molecule has 2 rings (SSSR count). The van der Waals surface area contributed by atoms with Crippen LogP contribution < -0.4 is 38.1 Å². The summed E-state index contributed by atoms with van der Waals surface area (Å²) >= 11 is 0. The van der Waals surface area contributed by atoms with Gasteiger partial charge in [0.25, 0.3) is 0 Å². The summed E-state index contributed by atoms with van der Waals surface area (Å²) in [6.45, 7) is 1.60. The summed E-state index contributed by atoms with van der Waals surface area (Å²) < 4.78 is 0. The molecule has 18 heteroatoms. The van der Waals surface area contributed by atoms with E-state index < -0.39 is 104 Å². The van der Waals surface area contributed by atoms with Crippen LogP contribution in [0.3, 0.4) is 0 Å². The van der Waals surface area contributed by atoms with E-state index in [2.05, 4.69) is 26.6 Å². The highest BCUT2D eigenvalue weighted by molar-refractivity contribution is 5.96. The molecule has 5 atom stereocenters. The second-order valence-corrected chi connectivity index (χ2v) is 11.6. The van der Waals surface area contributed by atoms with Gasteiger partial charge >= 0.3 is 5.97 Å². The van der Waals surface area contributed by atoms with Gasteiger partial charge < -0.3 is 53.2 Å². The SMILES string of the molecule is CC(C)[C@H](NC(=O)[C@H](Cc1ccccc1)NC(=O)[C@@H]1CCCN1C(=O)CNC(=O)CNC(=O)[C@H](CO)NC(=O)[C@@H](N)CC(=O)O)C(N)=O. The van der Waals surface area contributed by atoms with E-state index in [9.17, 15) is 43.5 Å². The zero-order valence-electron chi connectivity index (χ0n) is 26.8. The lowest BCUT2D eigenvalue weighted by Gasteiger charge is -2.28. The van der Waals surface area contributed by atoms with Crippen molar-refractivity contribution >= 4 is 47.3 Å². The summed E-state index contributed by atoms with van der Waals surface area (Å²) in [6.07, 6.45) is 0.160. The fourth-order valence-corrected chi connectivity index (χ4v) is 4.87. The molecule has 18 nitrogen and oxygen atoms in total. The van der Waals surface area contributed by atoms with Gasteiger partial charge in [-0.1, -0.05) is 44.2 Å². The Morgan fingerprint density at radius 2 is 1.56 bits per heavy atom. The van der Waals surface area contributed by atoms with Crippen LogP contribution in [-0.2, 0) is 44.8 Å². The highest BCUT2D eigenvalue weighted by atomic mass is 16.4. The molecule has 264 valence electrons. The van der Waals surface area contributed by atoms with E-state index in [1.165, 1.54) is 4.90 Å². The van der Waals surface area contributed by atoms with Crippen molar-refractivity contribution in [2.75, 3.05) is 26.2 Å². The van der Waals surface area contributed by atoms with Gasteiger partial charge in [0, 0.05) is 13.0 Å². The average molecular weight is 677 g/mol. The number of carboxylic acid groups (broad SMARTS) is 1. The molecular weight excluding hydrogens is 632 g/mol. The zero-order chi connectivity index (χ0) is 36.0. The first-order valence-electron chi connectivity index (χ1n) is 15.3. The highest BCUT2D eigenvalue weighted by Crippen LogP contribution is 2.18. The molecule has 1 fully saturated rings. The van der Waals surface area contributed by atoms with Crippen molar-refractivity contribution in [3.63, 3.8) is 0 Å². The summed E-state index contributed by atoms with van der Waals surface area (Å²) in [5.41, 5.74) is 11.6. The van der Waals surface area contributed by atoms with Crippen molar-refractivity contribution in [1.29, 1.82) is 0 Å². The number of carboxylic acids is 1. The largest absolute Gasteiger partial charge is 0.481 e. The summed E-state index contributed by atoms with van der Waals surface area (Å²) in [4.78, 5) is 100. The third kappa shape index (κ3) is 12.3. The van der Waals surface area contributed by atoms with Gasteiger partial charge in [0.2, 0.25) is 41.4 Å². The van der Waals surface area contributed by atoms with Crippen molar-refractivity contribution in [2.45, 2.75) is 69.7 Å². The molecule has 0 radical (unpaired) electrons. The molecule has 11 N–H and O–H groups in total. The Labute approximate surface area is 276 Å². The van der Waals surface area contributed by atoms with Gasteiger partial charge in [0.1, 0.15) is 24.2 Å². The number of primary amides is 1. The average Bonchev–Trinajstić information content (AvgIpc) is 3.53. The maximum atomic E-state index is 13.4. The quantitative estimate of drug-likeness (QED) is 0.0719. The second kappa shape index (κ2) is 18.9. The number of aliphatic carboxylic acids is 1. The van der Waals surface area contributed by atoms with E-state index in [-0.39, 0.29) is 18.9 Å². The van der Waals surface area contributed by atoms with Crippen LogP contribution in [0.4, 0.5) is 0 Å². The molecule has 0 unspecified atom stereocenters. The predicted molar refractivity (Wildman–Crippen MR) is 168 cm³/mol. The predicted octanol–water partition coefficient (Wildman–Crippen LogP) is -4.16. The lowest BCUT2D eigenvalue weighted by molar-refractivity contribution is -0.140. The topological polar surface area (TPSA) is 292 Å². The Balaban J connectivity index is 1.97. The van der Waals surface area contributed by atoms with Crippen LogP contribution in [0.2, 0.25) is 0 Å². The number of carbonyl (C=O) groups excluding carboxylic acids is 7. The van der Waals surface area contributed by atoms with Crippen LogP contribution in [0.15, 0.2) is 30.3 Å². The smallest absolute Gasteiger partial charge is 0.305 e. The van der Waals surface area contributed by atoms with Gasteiger partial charge in [-0.2, -0.15) is 0 Å². The van der Waals surface area contributed by atoms with Crippen molar-refractivity contribution in [3.8, 4) is 0 Å². The second-order valence-electron chi connectivity index (χ2n) is 11.6. The molecule has 1 aliphatic heterocycles. The number of benzene rings is 1. The number of hydrogen-bond donors (Lipinski definition) is 9. The fraction of sp³-hybridized carbons (Fsp3) is 0.533. The molecule has 1 aromatic rings. The molecule has 0 aromatic heterocycles. The van der Waals surface area contributed by atoms with Crippen molar-refractivity contribution in [1.82, 2.24) is 31.5 Å². The molecule has 0 saturated carbocycles. The molecule has 1 aliphatic rings. The standard InChI is InChI=1S/C30H44N8O10/c1-16(2)25(26(32)44)37-29(47)19(11-17-7-4-3-5-8-17)35-30(48)21-9-6-10-38(21)23(41)14-33-22(40)13-34-28(46)20(15-39)36-27(45)18(31)12-24(42)43/h3-5,7-8,16,18-21,25,39H,6,9-15,31H2,1-2H3,(H2,32,44)(H,33,40)(H,34,46)(H,35,48)(H,36,45)(H,37,47)(H,42,43)/t18-,19-,20-,21-,25-/m0/s1. The number of nitrogens with two attached hydrogens (primary N) is 2. The maximum Gasteiger partial charge on any atom is 0.305 e. The van der Waals surface area contributed by atoms with Gasteiger partial charge in [-0.25, -0.2) is 0 Å². The summed E-state index contributed by atoms with van der Waals surface area (Å²) in [6, 6.07) is 2.88. The van der Waals surface area contributed by atoms with Gasteiger partial charge in [0.15, 0.2) is 0 Å². The minimum atomic E-state index is -1.52. The van der Waals surface area contributed by atoms with E-state index in [4.69, 9.17) is 16.6 Å². The summed E-state index contributed by atoms with van der Waals surface area (Å²) in [7, 11) is 0. The number of hydrogen-bond acceptors (Lipinski definition) is 10. The molecule has 1 aromatic carbocycles. The summed E-state index contributed by atoms with van der Waals surface area (Å²) in [5, 5.41) is 30.1. The number of likely N-dealkylation sites (tertiary alicyclic amines) is 1. The number of carbonyl (C=O) groups is 8. The van der Waals surface area contributed by atoms with E-state index in [0.717, 1.165) is 5.56 Å². The van der Waals surface area contributed by atoms with Crippen LogP contribution in [0.5, 0.6) is 0 Å². The Morgan fingerprint density at radius 3 is 2.15 bits per heavy atom. The molecule has 7 amide bonds. The molecule has 0 aliphatic carbocycles. The Morgan fingerprint density at radius 1 is 0.896 bits per heavy atom. The van der Waals surface area contributed by atoms with Crippen LogP contribution in [0, 0.1) is 5.92 Å². The van der Waals surface area contributed by atoms with Crippen molar-refractivity contribution in [2.24, 2.45) is 17.4 Å². The van der Waals surface area contributed by atoms with E-state index in [1.54, 1.807) is 44.2 Å². The Hall–Kier alpha value is -5.10. The number of nitrogens with zero attached hydrogens (tertiary/aromatic N) is 1. The number of amides is 7. The highest BCUT2D eigenvalue weighted by Gasteiger charge is 2.36. The summed E-state index contributed by atoms with van der Waals surface area (Å²) in [5.74, 6) is -6.95. The first-order valence-corrected chi connectivity index (χ1v) is 15.3. The maximum absolute atomic E-state index is 13.4. The Bertz CT molecular complexity index is 1340. The molecule has 1 saturated heterocycles. The van der Waals surface area contributed by atoms with Crippen LogP contribution in [0.1, 0.15) is 38.7 Å². The van der Waals surface area contributed by atoms with Crippen LogP contribution >= 0.6 is 0 Å². The zero-order valence-corrected chi connectivity index (χ0v) is 26.8. The first kappa shape index (κ1) is 39.1. The number of rotatable bonds is 18. The fourth-order valence-electron chi connectivity index (χ4n) is 4.87. The Kier molecular flexibility index (Phi) is 15.4. The van der Waals surface area contributed by atoms with Gasteiger partial charge in [0.05, 0.1) is 32.2 Å². The van der Waals surface area contributed by atoms with E-state index in [0.29, 0.717) is 12.8 Å².